The average Bonchev–Trinajstić information content (AvgIpc) is 2.79. The molecule has 0 radical (unpaired) electrons. The van der Waals surface area contributed by atoms with E-state index in [0.29, 0.717) is 12.6 Å². The lowest BCUT2D eigenvalue weighted by atomic mass is 10.0. The summed E-state index contributed by atoms with van der Waals surface area (Å²) in [4.78, 5) is 11.7. The van der Waals surface area contributed by atoms with E-state index in [9.17, 15) is 0 Å². The number of nitrogens with zero attached hydrogens (tertiary/aromatic N) is 3. The van der Waals surface area contributed by atoms with Crippen LogP contribution >= 0.6 is 0 Å². The summed E-state index contributed by atoms with van der Waals surface area (Å²) < 4.78 is 6.08. The minimum Gasteiger partial charge on any atom is -0.489 e. The summed E-state index contributed by atoms with van der Waals surface area (Å²) >= 11 is 0. The molecular weight excluding hydrogens is 374 g/mol. The van der Waals surface area contributed by atoms with Crippen molar-refractivity contribution >= 4 is 5.96 Å². The Morgan fingerprint density at radius 2 is 1.90 bits per heavy atom. The van der Waals surface area contributed by atoms with Crippen LogP contribution in [0.1, 0.15) is 38.8 Å². The van der Waals surface area contributed by atoms with Gasteiger partial charge in [-0.3, -0.25) is 9.88 Å². The number of aromatic nitrogens is 1. The molecule has 1 aromatic carbocycles. The van der Waals surface area contributed by atoms with Gasteiger partial charge in [0.15, 0.2) is 5.96 Å². The third-order valence-electron chi connectivity index (χ3n) is 5.34. The van der Waals surface area contributed by atoms with E-state index in [1.165, 1.54) is 0 Å². The van der Waals surface area contributed by atoms with Crippen LogP contribution in [0.25, 0.3) is 0 Å². The number of ether oxygens (including phenoxy) is 1. The zero-order chi connectivity index (χ0) is 21.0. The second-order valence-electron chi connectivity index (χ2n) is 7.70. The highest BCUT2D eigenvalue weighted by molar-refractivity contribution is 5.80. The van der Waals surface area contributed by atoms with Gasteiger partial charge in [0.1, 0.15) is 11.9 Å². The maximum atomic E-state index is 6.08. The molecule has 162 valence electrons. The van der Waals surface area contributed by atoms with Crippen molar-refractivity contribution in [1.82, 2.24) is 20.5 Å². The summed E-state index contributed by atoms with van der Waals surface area (Å²) in [6, 6.07) is 16.5. The smallest absolute Gasteiger partial charge is 0.191 e. The van der Waals surface area contributed by atoms with Crippen molar-refractivity contribution in [1.29, 1.82) is 0 Å². The lowest BCUT2D eigenvalue weighted by Gasteiger charge is -2.33. The Bertz CT molecular complexity index is 745. The molecule has 0 spiro atoms. The minimum absolute atomic E-state index is 0.0723. The lowest BCUT2D eigenvalue weighted by Crippen LogP contribution is -2.48. The fraction of sp³-hybridized carbons (Fsp3) is 0.500. The van der Waals surface area contributed by atoms with Crippen molar-refractivity contribution in [2.24, 2.45) is 4.99 Å². The first-order valence-corrected chi connectivity index (χ1v) is 11.2. The quantitative estimate of drug-likeness (QED) is 0.491. The fourth-order valence-electron chi connectivity index (χ4n) is 3.60. The van der Waals surface area contributed by atoms with Crippen molar-refractivity contribution in [3.05, 3.63) is 60.4 Å². The molecule has 1 saturated heterocycles. The number of benzene rings is 1. The van der Waals surface area contributed by atoms with Gasteiger partial charge in [-0.25, -0.2) is 4.99 Å². The molecule has 2 N–H and O–H groups in total. The number of rotatable bonds is 9. The Morgan fingerprint density at radius 3 is 2.57 bits per heavy atom. The largest absolute Gasteiger partial charge is 0.489 e. The Balaban J connectivity index is 1.47. The molecular formula is C24H35N5O. The highest BCUT2D eigenvalue weighted by Gasteiger charge is 2.20. The van der Waals surface area contributed by atoms with Gasteiger partial charge in [-0.15, -0.1) is 0 Å². The van der Waals surface area contributed by atoms with Gasteiger partial charge in [-0.05, 0) is 50.5 Å². The van der Waals surface area contributed by atoms with Gasteiger partial charge in [-0.2, -0.15) is 0 Å². The molecule has 0 amide bonds. The highest BCUT2D eigenvalue weighted by Crippen LogP contribution is 2.14. The molecule has 0 aliphatic carbocycles. The summed E-state index contributed by atoms with van der Waals surface area (Å²) in [6.45, 7) is 8.80. The average molecular weight is 410 g/mol. The molecule has 2 aromatic rings. The monoisotopic (exact) mass is 409 g/mol. The van der Waals surface area contributed by atoms with Crippen LogP contribution < -0.4 is 15.4 Å². The molecule has 1 unspecified atom stereocenters. The van der Waals surface area contributed by atoms with Crippen molar-refractivity contribution in [3.63, 3.8) is 0 Å². The second kappa shape index (κ2) is 12.2. The van der Waals surface area contributed by atoms with E-state index < -0.39 is 0 Å². The number of nitrogens with one attached hydrogen (secondary N) is 2. The molecule has 1 atom stereocenters. The van der Waals surface area contributed by atoms with Gasteiger partial charge in [0.2, 0.25) is 0 Å². The van der Waals surface area contributed by atoms with E-state index in [0.717, 1.165) is 62.8 Å². The van der Waals surface area contributed by atoms with Crippen LogP contribution in [0.3, 0.4) is 0 Å². The van der Waals surface area contributed by atoms with E-state index in [1.807, 2.05) is 42.6 Å². The van der Waals surface area contributed by atoms with E-state index in [4.69, 9.17) is 9.73 Å². The van der Waals surface area contributed by atoms with Crippen LogP contribution in [0, 0.1) is 0 Å². The van der Waals surface area contributed by atoms with Gasteiger partial charge < -0.3 is 15.4 Å². The van der Waals surface area contributed by atoms with Gasteiger partial charge in [0, 0.05) is 38.4 Å². The van der Waals surface area contributed by atoms with Crippen molar-refractivity contribution in [2.45, 2.75) is 51.8 Å². The topological polar surface area (TPSA) is 61.8 Å². The normalized spacial score (nSPS) is 16.8. The molecule has 1 fully saturated rings. The van der Waals surface area contributed by atoms with E-state index in [1.54, 1.807) is 0 Å². The number of para-hydroxylation sites is 1. The number of hydrogen-bond acceptors (Lipinski definition) is 4. The predicted octanol–water partition coefficient (Wildman–Crippen LogP) is 3.46. The fourth-order valence-corrected chi connectivity index (χ4v) is 3.60. The summed E-state index contributed by atoms with van der Waals surface area (Å²) in [6.07, 6.45) is 5.07. The van der Waals surface area contributed by atoms with E-state index in [-0.39, 0.29) is 6.10 Å². The zero-order valence-electron chi connectivity index (χ0n) is 18.3. The van der Waals surface area contributed by atoms with Crippen molar-refractivity contribution < 1.29 is 4.74 Å². The van der Waals surface area contributed by atoms with Crippen molar-refractivity contribution in [3.8, 4) is 5.75 Å². The van der Waals surface area contributed by atoms with Gasteiger partial charge >= 0.3 is 0 Å². The molecule has 1 aliphatic heterocycles. The summed E-state index contributed by atoms with van der Waals surface area (Å²) in [5, 5.41) is 7.01. The molecule has 30 heavy (non-hydrogen) atoms. The molecule has 3 rings (SSSR count). The Morgan fingerprint density at radius 1 is 1.13 bits per heavy atom. The summed E-state index contributed by atoms with van der Waals surface area (Å²) in [7, 11) is 0. The first-order chi connectivity index (χ1) is 14.8. The molecule has 0 saturated carbocycles. The molecule has 0 bridgehead atoms. The molecule has 2 heterocycles. The third kappa shape index (κ3) is 7.34. The predicted molar refractivity (Wildman–Crippen MR) is 123 cm³/mol. The summed E-state index contributed by atoms with van der Waals surface area (Å²) in [5.74, 6) is 1.79. The lowest BCUT2D eigenvalue weighted by molar-refractivity contribution is 0.195. The van der Waals surface area contributed by atoms with Crippen LogP contribution in [0.5, 0.6) is 5.75 Å². The highest BCUT2D eigenvalue weighted by atomic mass is 16.5. The number of aliphatic imine (C=N–C) groups is 1. The van der Waals surface area contributed by atoms with Crippen LogP contribution in [0.15, 0.2) is 59.7 Å². The summed E-state index contributed by atoms with van der Waals surface area (Å²) in [5.41, 5.74) is 1.14. The number of hydrogen-bond donors (Lipinski definition) is 2. The first-order valence-electron chi connectivity index (χ1n) is 11.2. The Hall–Kier alpha value is -2.60. The molecule has 6 nitrogen and oxygen atoms in total. The second-order valence-corrected chi connectivity index (χ2v) is 7.70. The Labute approximate surface area is 180 Å². The number of guanidine groups is 1. The molecule has 1 aromatic heterocycles. The van der Waals surface area contributed by atoms with Gasteiger partial charge in [0.25, 0.3) is 0 Å². The van der Waals surface area contributed by atoms with Crippen molar-refractivity contribution in [2.75, 3.05) is 26.2 Å². The van der Waals surface area contributed by atoms with Crippen LogP contribution in [0.4, 0.5) is 0 Å². The SMILES string of the molecule is CCNC(=NCC(CC)Oc1ccccc1)NC1CCN(Cc2ccccn2)CC1. The van der Waals surface area contributed by atoms with E-state index >= 15 is 0 Å². The molecule has 6 heteroatoms. The maximum Gasteiger partial charge on any atom is 0.191 e. The van der Waals surface area contributed by atoms with Crippen LogP contribution in [0.2, 0.25) is 0 Å². The van der Waals surface area contributed by atoms with Crippen LogP contribution in [-0.4, -0.2) is 54.2 Å². The standard InChI is InChI=1S/C24H35N5O/c1-3-22(30-23-11-6-5-7-12-23)18-27-24(25-4-2)28-20-13-16-29(17-14-20)19-21-10-8-9-15-26-21/h5-12,15,20,22H,3-4,13-14,16-19H2,1-2H3,(H2,25,27,28). The minimum atomic E-state index is 0.0723. The number of piperidine rings is 1. The Kier molecular flexibility index (Phi) is 8.97. The number of likely N-dealkylation sites (tertiary alicyclic amines) is 1. The first kappa shape index (κ1) is 22.1. The molecule has 1 aliphatic rings. The van der Waals surface area contributed by atoms with Crippen LogP contribution in [-0.2, 0) is 6.54 Å². The van der Waals surface area contributed by atoms with Gasteiger partial charge in [0.05, 0.1) is 12.2 Å². The number of pyridine rings is 1. The third-order valence-corrected chi connectivity index (χ3v) is 5.34. The maximum absolute atomic E-state index is 6.08. The van der Waals surface area contributed by atoms with Gasteiger partial charge in [-0.1, -0.05) is 31.2 Å². The van der Waals surface area contributed by atoms with E-state index in [2.05, 4.69) is 46.5 Å². The zero-order valence-corrected chi connectivity index (χ0v) is 18.3.